The molecule has 0 unspecified atom stereocenters. The molecule has 1 saturated heterocycles. The maximum absolute atomic E-state index is 12.6. The summed E-state index contributed by atoms with van der Waals surface area (Å²) in [6.45, 7) is 3.71. The third-order valence-corrected chi connectivity index (χ3v) is 5.75. The van der Waals surface area contributed by atoms with Gasteiger partial charge in [0.1, 0.15) is 0 Å². The summed E-state index contributed by atoms with van der Waals surface area (Å²) in [5, 5.41) is 20.5. The minimum Gasteiger partial charge on any atom is -0.393 e. The molecule has 1 N–H and O–H groups in total. The zero-order valence-electron chi connectivity index (χ0n) is 11.9. The van der Waals surface area contributed by atoms with Gasteiger partial charge in [-0.2, -0.15) is 4.31 Å². The quantitative estimate of drug-likeness (QED) is 0.670. The van der Waals surface area contributed by atoms with E-state index < -0.39 is 21.1 Å². The summed E-state index contributed by atoms with van der Waals surface area (Å²) in [5.74, 6) is 0. The summed E-state index contributed by atoms with van der Waals surface area (Å²) in [4.78, 5) is 10.4. The lowest BCUT2D eigenvalue weighted by molar-refractivity contribution is -0.385. The van der Waals surface area contributed by atoms with Crippen LogP contribution in [0.1, 0.15) is 24.0 Å². The Morgan fingerprint density at radius 2 is 1.86 bits per heavy atom. The van der Waals surface area contributed by atoms with E-state index in [1.807, 2.05) is 0 Å². The number of benzene rings is 1. The van der Waals surface area contributed by atoms with Crippen molar-refractivity contribution in [2.24, 2.45) is 0 Å². The fraction of sp³-hybridized carbons (Fsp3) is 0.538. The van der Waals surface area contributed by atoms with Gasteiger partial charge in [-0.25, -0.2) is 8.42 Å². The molecule has 21 heavy (non-hydrogen) atoms. The summed E-state index contributed by atoms with van der Waals surface area (Å²) in [7, 11) is -3.76. The molecule has 2 rings (SSSR count). The van der Waals surface area contributed by atoms with Crippen molar-refractivity contribution in [3.63, 3.8) is 0 Å². The Morgan fingerprint density at radius 3 is 2.38 bits per heavy atom. The fourth-order valence-corrected chi connectivity index (χ4v) is 3.95. The highest BCUT2D eigenvalue weighted by Crippen LogP contribution is 2.28. The summed E-state index contributed by atoms with van der Waals surface area (Å²) in [6.07, 6.45) is 0.281. The second-order valence-electron chi connectivity index (χ2n) is 5.28. The molecule has 0 bridgehead atoms. The van der Waals surface area contributed by atoms with Gasteiger partial charge in [0.25, 0.3) is 5.69 Å². The Morgan fingerprint density at radius 1 is 1.29 bits per heavy atom. The van der Waals surface area contributed by atoms with Crippen LogP contribution in [-0.4, -0.2) is 41.9 Å². The first-order valence-corrected chi connectivity index (χ1v) is 8.11. The Kier molecular flexibility index (Phi) is 4.31. The van der Waals surface area contributed by atoms with Crippen LogP contribution in [0.4, 0.5) is 5.69 Å². The molecule has 1 aliphatic rings. The lowest BCUT2D eigenvalue weighted by Gasteiger charge is -2.28. The van der Waals surface area contributed by atoms with Crippen molar-refractivity contribution < 1.29 is 18.4 Å². The smallest absolute Gasteiger partial charge is 0.273 e. The van der Waals surface area contributed by atoms with E-state index in [9.17, 15) is 23.6 Å². The monoisotopic (exact) mass is 314 g/mol. The summed E-state index contributed by atoms with van der Waals surface area (Å²) in [5.41, 5.74) is 0.846. The third-order valence-electron chi connectivity index (χ3n) is 3.87. The van der Waals surface area contributed by atoms with E-state index in [4.69, 9.17) is 0 Å². The standard InChI is InChI=1S/C13H18N2O5S/c1-9-7-12(8-13(10(9)2)15(17)18)21(19,20)14-5-3-11(16)4-6-14/h7-8,11,16H,3-6H2,1-2H3. The molecule has 1 aliphatic heterocycles. The van der Waals surface area contributed by atoms with E-state index in [0.29, 0.717) is 24.0 Å². The molecule has 8 heteroatoms. The number of nitrogens with zero attached hydrogens (tertiary/aromatic N) is 2. The molecule has 0 spiro atoms. The van der Waals surface area contributed by atoms with Crippen molar-refractivity contribution in [1.29, 1.82) is 0 Å². The van der Waals surface area contributed by atoms with E-state index in [1.54, 1.807) is 13.8 Å². The zero-order chi connectivity index (χ0) is 15.8. The number of nitro groups is 1. The number of aliphatic hydroxyl groups is 1. The molecule has 0 aliphatic carbocycles. The van der Waals surface area contributed by atoms with E-state index in [2.05, 4.69) is 0 Å². The van der Waals surface area contributed by atoms with Crippen LogP contribution in [0.15, 0.2) is 17.0 Å². The van der Waals surface area contributed by atoms with E-state index in [-0.39, 0.29) is 23.7 Å². The first kappa shape index (κ1) is 15.9. The Hall–Kier alpha value is -1.51. The number of rotatable bonds is 3. The second kappa shape index (κ2) is 5.70. The molecule has 0 amide bonds. The minimum atomic E-state index is -3.76. The van der Waals surface area contributed by atoms with Gasteiger partial charge < -0.3 is 5.11 Å². The van der Waals surface area contributed by atoms with Gasteiger partial charge in [0.2, 0.25) is 10.0 Å². The van der Waals surface area contributed by atoms with Crippen LogP contribution in [0.3, 0.4) is 0 Å². The highest BCUT2D eigenvalue weighted by molar-refractivity contribution is 7.89. The number of nitro benzene ring substituents is 1. The molecule has 0 atom stereocenters. The minimum absolute atomic E-state index is 0.0614. The number of aliphatic hydroxyl groups excluding tert-OH is 1. The second-order valence-corrected chi connectivity index (χ2v) is 7.21. The van der Waals surface area contributed by atoms with Crippen molar-refractivity contribution in [2.75, 3.05) is 13.1 Å². The van der Waals surface area contributed by atoms with E-state index in [0.717, 1.165) is 6.07 Å². The van der Waals surface area contributed by atoms with E-state index >= 15 is 0 Å². The van der Waals surface area contributed by atoms with Crippen LogP contribution in [-0.2, 0) is 10.0 Å². The molecule has 1 aromatic rings. The molecule has 0 saturated carbocycles. The summed E-state index contributed by atoms with van der Waals surface area (Å²) >= 11 is 0. The maximum Gasteiger partial charge on any atom is 0.273 e. The van der Waals surface area contributed by atoms with Gasteiger partial charge in [-0.05, 0) is 38.3 Å². The highest BCUT2D eigenvalue weighted by atomic mass is 32.2. The van der Waals surface area contributed by atoms with Crippen LogP contribution in [0.5, 0.6) is 0 Å². The SMILES string of the molecule is Cc1cc(S(=O)(=O)N2CCC(O)CC2)cc([N+](=O)[O-])c1C. The summed E-state index contributed by atoms with van der Waals surface area (Å²) in [6, 6.07) is 2.57. The van der Waals surface area contributed by atoms with Crippen molar-refractivity contribution in [3.05, 3.63) is 33.4 Å². The Labute approximate surface area is 123 Å². The van der Waals surface area contributed by atoms with Gasteiger partial charge in [-0.3, -0.25) is 10.1 Å². The summed E-state index contributed by atoms with van der Waals surface area (Å²) < 4.78 is 26.4. The molecule has 1 aromatic carbocycles. The van der Waals surface area contributed by atoms with Crippen LogP contribution in [0.2, 0.25) is 0 Å². The van der Waals surface area contributed by atoms with Gasteiger partial charge in [-0.1, -0.05) is 0 Å². The molecular formula is C13H18N2O5S. The topological polar surface area (TPSA) is 101 Å². The van der Waals surface area contributed by atoms with Crippen LogP contribution >= 0.6 is 0 Å². The van der Waals surface area contributed by atoms with Crippen LogP contribution in [0, 0.1) is 24.0 Å². The lowest BCUT2D eigenvalue weighted by Crippen LogP contribution is -2.40. The normalized spacial score (nSPS) is 17.9. The molecule has 0 radical (unpaired) electrons. The average molecular weight is 314 g/mol. The van der Waals surface area contributed by atoms with Crippen LogP contribution in [0.25, 0.3) is 0 Å². The van der Waals surface area contributed by atoms with E-state index in [1.165, 1.54) is 10.4 Å². The van der Waals surface area contributed by atoms with Gasteiger partial charge in [0.15, 0.2) is 0 Å². The van der Waals surface area contributed by atoms with Crippen LogP contribution < -0.4 is 0 Å². The molecule has 116 valence electrons. The molecule has 7 nitrogen and oxygen atoms in total. The maximum atomic E-state index is 12.6. The Balaban J connectivity index is 2.43. The Bertz CT molecular complexity index is 663. The molecule has 0 aromatic heterocycles. The lowest BCUT2D eigenvalue weighted by atomic mass is 10.1. The number of hydrogen-bond acceptors (Lipinski definition) is 5. The largest absolute Gasteiger partial charge is 0.393 e. The number of sulfonamides is 1. The first-order chi connectivity index (χ1) is 9.73. The van der Waals surface area contributed by atoms with Crippen molar-refractivity contribution >= 4 is 15.7 Å². The number of aryl methyl sites for hydroxylation is 1. The number of hydrogen-bond donors (Lipinski definition) is 1. The predicted molar refractivity (Wildman–Crippen MR) is 76.6 cm³/mol. The average Bonchev–Trinajstić information content (AvgIpc) is 2.41. The molecule has 1 fully saturated rings. The molecular weight excluding hydrogens is 296 g/mol. The molecule has 1 heterocycles. The third kappa shape index (κ3) is 3.07. The van der Waals surface area contributed by atoms with Crippen molar-refractivity contribution in [1.82, 2.24) is 4.31 Å². The highest BCUT2D eigenvalue weighted by Gasteiger charge is 2.30. The van der Waals surface area contributed by atoms with Gasteiger partial charge in [-0.15, -0.1) is 0 Å². The first-order valence-electron chi connectivity index (χ1n) is 6.67. The van der Waals surface area contributed by atoms with Gasteiger partial charge >= 0.3 is 0 Å². The zero-order valence-corrected chi connectivity index (χ0v) is 12.8. The van der Waals surface area contributed by atoms with Crippen molar-refractivity contribution in [3.8, 4) is 0 Å². The number of piperidine rings is 1. The van der Waals surface area contributed by atoms with Gasteiger partial charge in [0, 0.05) is 24.7 Å². The predicted octanol–water partition coefficient (Wildman–Crippen LogP) is 1.36. The fourth-order valence-electron chi connectivity index (χ4n) is 2.38. The van der Waals surface area contributed by atoms with Gasteiger partial charge in [0.05, 0.1) is 15.9 Å². The van der Waals surface area contributed by atoms with Crippen molar-refractivity contribution in [2.45, 2.75) is 37.7 Å².